The summed E-state index contributed by atoms with van der Waals surface area (Å²) in [6, 6.07) is 20.8. The minimum absolute atomic E-state index is 0.0729. The third kappa shape index (κ3) is 3.32. The van der Waals surface area contributed by atoms with E-state index >= 15 is 0 Å². The van der Waals surface area contributed by atoms with Gasteiger partial charge in [0.2, 0.25) is 5.88 Å². The maximum absolute atomic E-state index is 12.7. The number of carbonyl (C=O) groups excluding carboxylic acids is 1. The van der Waals surface area contributed by atoms with Gasteiger partial charge in [-0.2, -0.15) is 0 Å². The normalized spacial score (nSPS) is 10.8. The second-order valence-corrected chi connectivity index (χ2v) is 5.80. The second kappa shape index (κ2) is 7.19. The van der Waals surface area contributed by atoms with Crippen molar-refractivity contribution in [2.24, 2.45) is 0 Å². The average molecular weight is 347 g/mol. The first-order valence-electron chi connectivity index (χ1n) is 8.28. The average Bonchev–Trinajstić information content (AvgIpc) is 3.32. The number of aromatic nitrogens is 1. The van der Waals surface area contributed by atoms with Gasteiger partial charge in [0, 0.05) is 10.9 Å². The van der Waals surface area contributed by atoms with Gasteiger partial charge in [-0.25, -0.2) is 4.79 Å². The molecule has 0 unspecified atom stereocenters. The molecule has 2 aromatic carbocycles. The number of fused-ring (bicyclic) bond motifs is 1. The van der Waals surface area contributed by atoms with Gasteiger partial charge < -0.3 is 18.9 Å². The lowest BCUT2D eigenvalue weighted by molar-refractivity contribution is 0.0443. The highest BCUT2D eigenvalue weighted by Gasteiger charge is 2.21. The number of esters is 1. The molecule has 0 aliphatic carbocycles. The van der Waals surface area contributed by atoms with Crippen molar-refractivity contribution in [1.82, 2.24) is 4.98 Å². The molecule has 2 aromatic heterocycles. The molecule has 5 heteroatoms. The van der Waals surface area contributed by atoms with Gasteiger partial charge in [0.25, 0.3) is 0 Å². The molecular weight excluding hydrogens is 330 g/mol. The van der Waals surface area contributed by atoms with Crippen molar-refractivity contribution in [3.63, 3.8) is 0 Å². The van der Waals surface area contributed by atoms with Crippen LogP contribution in [0.25, 0.3) is 10.9 Å². The molecule has 5 nitrogen and oxygen atoms in total. The summed E-state index contributed by atoms with van der Waals surface area (Å²) in [5.74, 6) is 0.534. The van der Waals surface area contributed by atoms with Crippen molar-refractivity contribution in [2.75, 3.05) is 0 Å². The van der Waals surface area contributed by atoms with E-state index in [1.165, 1.54) is 0 Å². The van der Waals surface area contributed by atoms with E-state index < -0.39 is 5.97 Å². The van der Waals surface area contributed by atoms with Crippen LogP contribution >= 0.6 is 0 Å². The lowest BCUT2D eigenvalue weighted by Crippen LogP contribution is -2.07. The fourth-order valence-corrected chi connectivity index (χ4v) is 2.76. The number of furan rings is 1. The fourth-order valence-electron chi connectivity index (χ4n) is 2.76. The molecule has 1 N–H and O–H groups in total. The fraction of sp³-hybridized carbons (Fsp3) is 0.0952. The summed E-state index contributed by atoms with van der Waals surface area (Å²) in [6.07, 6.45) is 1.54. The number of H-pyrrole nitrogens is 1. The summed E-state index contributed by atoms with van der Waals surface area (Å²) in [5, 5.41) is 0.764. The lowest BCUT2D eigenvalue weighted by Gasteiger charge is -2.07. The Hall–Kier alpha value is -3.47. The third-order valence-corrected chi connectivity index (χ3v) is 4.03. The lowest BCUT2D eigenvalue weighted by atomic mass is 10.2. The first-order chi connectivity index (χ1) is 12.8. The maximum atomic E-state index is 12.7. The Kier molecular flexibility index (Phi) is 4.43. The Morgan fingerprint density at radius 2 is 1.73 bits per heavy atom. The number of carbonyl (C=O) groups is 1. The van der Waals surface area contributed by atoms with Crippen LogP contribution in [0.15, 0.2) is 77.4 Å². The number of nitrogens with one attached hydrogen (secondary N) is 1. The topological polar surface area (TPSA) is 64.5 Å². The zero-order chi connectivity index (χ0) is 17.8. The number of rotatable bonds is 6. The van der Waals surface area contributed by atoms with E-state index in [0.29, 0.717) is 23.8 Å². The largest absolute Gasteiger partial charge is 0.473 e. The monoisotopic (exact) mass is 347 g/mol. The molecule has 0 aliphatic rings. The Balaban J connectivity index is 1.59. The van der Waals surface area contributed by atoms with Gasteiger partial charge in [-0.3, -0.25) is 0 Å². The number of hydrogen-bond acceptors (Lipinski definition) is 4. The van der Waals surface area contributed by atoms with Crippen molar-refractivity contribution in [2.45, 2.75) is 13.2 Å². The minimum atomic E-state index is -0.457. The van der Waals surface area contributed by atoms with Crippen LogP contribution in [-0.2, 0) is 18.0 Å². The van der Waals surface area contributed by atoms with E-state index in [4.69, 9.17) is 13.9 Å². The molecule has 0 fully saturated rings. The van der Waals surface area contributed by atoms with Crippen molar-refractivity contribution in [1.29, 1.82) is 0 Å². The Bertz CT molecular complexity index is 1000. The van der Waals surface area contributed by atoms with Crippen LogP contribution in [-0.4, -0.2) is 11.0 Å². The number of para-hydroxylation sites is 1. The first kappa shape index (κ1) is 16.0. The van der Waals surface area contributed by atoms with Gasteiger partial charge in [0.15, 0.2) is 0 Å². The van der Waals surface area contributed by atoms with E-state index in [2.05, 4.69) is 4.98 Å². The van der Waals surface area contributed by atoms with E-state index in [-0.39, 0.29) is 6.61 Å². The minimum Gasteiger partial charge on any atom is -0.473 e. The number of hydrogen-bond donors (Lipinski definition) is 1. The van der Waals surface area contributed by atoms with E-state index in [9.17, 15) is 4.79 Å². The van der Waals surface area contributed by atoms with Crippen molar-refractivity contribution >= 4 is 16.9 Å². The number of benzene rings is 2. The summed E-state index contributed by atoms with van der Waals surface area (Å²) < 4.78 is 16.5. The zero-order valence-corrected chi connectivity index (χ0v) is 14.0. The van der Waals surface area contributed by atoms with Crippen molar-refractivity contribution in [3.05, 3.63) is 89.9 Å². The third-order valence-electron chi connectivity index (χ3n) is 4.03. The van der Waals surface area contributed by atoms with Crippen LogP contribution < -0.4 is 4.74 Å². The van der Waals surface area contributed by atoms with Crippen LogP contribution in [0.2, 0.25) is 0 Å². The zero-order valence-electron chi connectivity index (χ0n) is 14.0. The Morgan fingerprint density at radius 3 is 2.54 bits per heavy atom. The maximum Gasteiger partial charge on any atom is 0.344 e. The van der Waals surface area contributed by atoms with Gasteiger partial charge in [-0.15, -0.1) is 0 Å². The highest BCUT2D eigenvalue weighted by Crippen LogP contribution is 2.29. The van der Waals surface area contributed by atoms with Gasteiger partial charge >= 0.3 is 5.97 Å². The summed E-state index contributed by atoms with van der Waals surface area (Å²) in [6.45, 7) is 0.426. The molecular formula is C21H17NO4. The Morgan fingerprint density at radius 1 is 0.923 bits per heavy atom. The van der Waals surface area contributed by atoms with E-state index in [1.807, 2.05) is 54.6 Å². The van der Waals surface area contributed by atoms with Crippen LogP contribution in [0.4, 0.5) is 0 Å². The SMILES string of the molecule is O=C(OCc1ccco1)c1c(OCc2ccccc2)[nH]c2ccccc12. The molecule has 0 amide bonds. The van der Waals surface area contributed by atoms with Gasteiger partial charge in [0.05, 0.1) is 6.26 Å². The first-order valence-corrected chi connectivity index (χ1v) is 8.28. The highest BCUT2D eigenvalue weighted by molar-refractivity contribution is 6.06. The molecule has 0 atom stereocenters. The predicted molar refractivity (Wildman–Crippen MR) is 96.9 cm³/mol. The Labute approximate surface area is 150 Å². The summed E-state index contributed by atoms with van der Waals surface area (Å²) in [4.78, 5) is 15.8. The predicted octanol–water partition coefficient (Wildman–Crippen LogP) is 4.70. The van der Waals surface area contributed by atoms with E-state index in [1.54, 1.807) is 18.4 Å². The second-order valence-electron chi connectivity index (χ2n) is 5.80. The molecule has 4 rings (SSSR count). The summed E-state index contributed by atoms with van der Waals surface area (Å²) in [5.41, 5.74) is 2.23. The van der Waals surface area contributed by atoms with Gasteiger partial charge in [-0.1, -0.05) is 48.5 Å². The molecule has 0 radical (unpaired) electrons. The van der Waals surface area contributed by atoms with Crippen LogP contribution in [0.3, 0.4) is 0 Å². The molecule has 130 valence electrons. The smallest absolute Gasteiger partial charge is 0.344 e. The molecule has 0 spiro atoms. The summed E-state index contributed by atoms with van der Waals surface area (Å²) in [7, 11) is 0. The molecule has 0 saturated carbocycles. The quantitative estimate of drug-likeness (QED) is 0.514. The van der Waals surface area contributed by atoms with Crippen LogP contribution in [0.1, 0.15) is 21.7 Å². The molecule has 26 heavy (non-hydrogen) atoms. The number of ether oxygens (including phenoxy) is 2. The standard InChI is InChI=1S/C21H17NO4/c23-21(26-14-16-9-6-12-24-16)19-17-10-4-5-11-18(17)22-20(19)25-13-15-7-2-1-3-8-15/h1-12,22H,13-14H2. The molecule has 0 saturated heterocycles. The van der Waals surface area contributed by atoms with Crippen molar-refractivity contribution in [3.8, 4) is 5.88 Å². The van der Waals surface area contributed by atoms with Gasteiger partial charge in [-0.05, 0) is 23.8 Å². The number of aromatic amines is 1. The molecule has 0 aliphatic heterocycles. The molecule has 4 aromatic rings. The van der Waals surface area contributed by atoms with Gasteiger partial charge in [0.1, 0.15) is 24.5 Å². The summed E-state index contributed by atoms with van der Waals surface area (Å²) >= 11 is 0. The van der Waals surface area contributed by atoms with E-state index in [0.717, 1.165) is 16.5 Å². The molecule has 0 bridgehead atoms. The van der Waals surface area contributed by atoms with Crippen LogP contribution in [0.5, 0.6) is 5.88 Å². The van der Waals surface area contributed by atoms with Crippen LogP contribution in [0, 0.1) is 0 Å². The van der Waals surface area contributed by atoms with Crippen molar-refractivity contribution < 1.29 is 18.7 Å². The molecule has 2 heterocycles. The highest BCUT2D eigenvalue weighted by atomic mass is 16.5.